The molecule has 0 spiro atoms. The molecular weight excluding hydrogens is 393 g/mol. The Bertz CT molecular complexity index is 726. The van der Waals surface area contributed by atoms with E-state index in [0.717, 1.165) is 9.13 Å². The molecule has 0 saturated carbocycles. The maximum absolute atomic E-state index is 11.7. The minimum absolute atomic E-state index is 0.205. The van der Waals surface area contributed by atoms with Gasteiger partial charge in [-0.1, -0.05) is 6.07 Å². The lowest BCUT2D eigenvalue weighted by molar-refractivity contribution is 0.0526. The first-order valence-electron chi connectivity index (χ1n) is 6.81. The van der Waals surface area contributed by atoms with Crippen molar-refractivity contribution in [3.05, 3.63) is 56.7 Å². The summed E-state index contributed by atoms with van der Waals surface area (Å²) < 4.78 is 5.74. The zero-order valence-electron chi connectivity index (χ0n) is 12.3. The van der Waals surface area contributed by atoms with Crippen LogP contribution in [0.3, 0.4) is 0 Å². The number of phenolic OH excluding ortho intramolecular Hbond substituents is 1. The first-order valence-corrected chi connectivity index (χ1v) is 7.89. The van der Waals surface area contributed by atoms with Crippen LogP contribution in [0.1, 0.15) is 28.4 Å². The second kappa shape index (κ2) is 7.40. The quantitative estimate of drug-likeness (QED) is 0.467. The number of aromatic hydroxyl groups is 1. The number of carbonyl (C=O) groups is 1. The normalized spacial score (nSPS) is 10.9. The number of aryl methyl sites for hydroxylation is 1. The highest BCUT2D eigenvalue weighted by atomic mass is 127. The van der Waals surface area contributed by atoms with E-state index in [0.29, 0.717) is 23.4 Å². The van der Waals surface area contributed by atoms with Gasteiger partial charge in [0, 0.05) is 11.8 Å². The monoisotopic (exact) mass is 409 g/mol. The molecule has 1 N–H and O–H groups in total. The molecule has 0 aromatic heterocycles. The van der Waals surface area contributed by atoms with Crippen molar-refractivity contribution in [3.63, 3.8) is 0 Å². The van der Waals surface area contributed by atoms with Crippen molar-refractivity contribution < 1.29 is 14.6 Å². The number of rotatable bonds is 4. The summed E-state index contributed by atoms with van der Waals surface area (Å²) in [5.74, 6) is -0.163. The third-order valence-corrected chi connectivity index (χ3v) is 3.77. The lowest BCUT2D eigenvalue weighted by Crippen LogP contribution is -2.03. The number of carbonyl (C=O) groups excluding carboxylic acids is 1. The summed E-state index contributed by atoms with van der Waals surface area (Å²) in [6, 6.07) is 10.6. The average molecular weight is 409 g/mol. The first kappa shape index (κ1) is 16.5. The van der Waals surface area contributed by atoms with E-state index < -0.39 is 0 Å². The number of aliphatic imine (C=N–C) groups is 1. The fourth-order valence-corrected chi connectivity index (χ4v) is 2.73. The second-order valence-corrected chi connectivity index (χ2v) is 5.88. The predicted molar refractivity (Wildman–Crippen MR) is 95.2 cm³/mol. The topological polar surface area (TPSA) is 58.9 Å². The zero-order valence-corrected chi connectivity index (χ0v) is 14.5. The Morgan fingerprint density at radius 1 is 1.36 bits per heavy atom. The van der Waals surface area contributed by atoms with Crippen LogP contribution in [0.4, 0.5) is 5.69 Å². The highest BCUT2D eigenvalue weighted by Crippen LogP contribution is 2.25. The van der Waals surface area contributed by atoms with Crippen LogP contribution in [0.5, 0.6) is 5.75 Å². The van der Waals surface area contributed by atoms with Gasteiger partial charge in [0.05, 0.1) is 21.4 Å². The Kier molecular flexibility index (Phi) is 5.54. The van der Waals surface area contributed by atoms with Gasteiger partial charge in [0.1, 0.15) is 5.75 Å². The Balaban J connectivity index is 2.27. The Morgan fingerprint density at radius 3 is 2.86 bits per heavy atom. The molecule has 22 heavy (non-hydrogen) atoms. The van der Waals surface area contributed by atoms with Gasteiger partial charge in [0.15, 0.2) is 0 Å². The molecule has 0 aliphatic heterocycles. The highest BCUT2D eigenvalue weighted by molar-refractivity contribution is 14.1. The predicted octanol–water partition coefficient (Wildman–Crippen LogP) is 4.23. The third-order valence-electron chi connectivity index (χ3n) is 2.95. The average Bonchev–Trinajstić information content (AvgIpc) is 2.50. The number of hydrogen-bond acceptors (Lipinski definition) is 4. The van der Waals surface area contributed by atoms with E-state index in [4.69, 9.17) is 4.74 Å². The standard InChI is InChI=1S/C17H16INO3/c1-3-22-17(21)12-5-4-6-14(9-12)19-10-13-7-11(2)8-15(18)16(13)20/h4-10,20H,3H2,1-2H3/b19-10+. The number of ether oxygens (including phenoxy) is 1. The number of esters is 1. The van der Waals surface area contributed by atoms with Crippen molar-refractivity contribution in [1.82, 2.24) is 0 Å². The summed E-state index contributed by atoms with van der Waals surface area (Å²) >= 11 is 2.08. The molecular formula is C17H16INO3. The van der Waals surface area contributed by atoms with Crippen LogP contribution in [-0.2, 0) is 4.74 Å². The molecule has 2 rings (SSSR count). The van der Waals surface area contributed by atoms with Crippen LogP contribution in [0.2, 0.25) is 0 Å². The molecule has 0 unspecified atom stereocenters. The summed E-state index contributed by atoms with van der Waals surface area (Å²) in [7, 11) is 0. The Morgan fingerprint density at radius 2 is 2.14 bits per heavy atom. The van der Waals surface area contributed by atoms with Crippen LogP contribution in [0, 0.1) is 10.5 Å². The van der Waals surface area contributed by atoms with Crippen molar-refractivity contribution in [2.45, 2.75) is 13.8 Å². The van der Waals surface area contributed by atoms with Gasteiger partial charge in [0.2, 0.25) is 0 Å². The molecule has 2 aromatic carbocycles. The minimum Gasteiger partial charge on any atom is -0.506 e. The molecule has 0 aliphatic carbocycles. The van der Waals surface area contributed by atoms with E-state index in [1.54, 1.807) is 37.4 Å². The molecule has 0 aliphatic rings. The number of nitrogens with zero attached hydrogens (tertiary/aromatic N) is 1. The van der Waals surface area contributed by atoms with Gasteiger partial charge < -0.3 is 9.84 Å². The van der Waals surface area contributed by atoms with Gasteiger partial charge >= 0.3 is 5.97 Å². The second-order valence-electron chi connectivity index (χ2n) is 4.71. The SMILES string of the molecule is CCOC(=O)c1cccc(/N=C/c2cc(C)cc(I)c2O)c1. The number of hydrogen-bond donors (Lipinski definition) is 1. The van der Waals surface area contributed by atoms with Gasteiger partial charge in [-0.3, -0.25) is 4.99 Å². The van der Waals surface area contributed by atoms with Gasteiger partial charge in [-0.25, -0.2) is 4.79 Å². The van der Waals surface area contributed by atoms with Crippen LogP contribution >= 0.6 is 22.6 Å². The zero-order chi connectivity index (χ0) is 16.1. The van der Waals surface area contributed by atoms with Crippen molar-refractivity contribution >= 4 is 40.5 Å². The van der Waals surface area contributed by atoms with Crippen LogP contribution in [0.15, 0.2) is 41.4 Å². The molecule has 2 aromatic rings. The smallest absolute Gasteiger partial charge is 0.338 e. The maximum atomic E-state index is 11.7. The highest BCUT2D eigenvalue weighted by Gasteiger charge is 2.07. The maximum Gasteiger partial charge on any atom is 0.338 e. The molecule has 0 saturated heterocycles. The fourth-order valence-electron chi connectivity index (χ4n) is 1.93. The van der Waals surface area contributed by atoms with E-state index in [-0.39, 0.29) is 11.7 Å². The van der Waals surface area contributed by atoms with Gasteiger partial charge in [-0.05, 0) is 72.3 Å². The van der Waals surface area contributed by atoms with Crippen LogP contribution in [-0.4, -0.2) is 23.9 Å². The Labute approximate surface area is 143 Å². The minimum atomic E-state index is -0.368. The van der Waals surface area contributed by atoms with Gasteiger partial charge in [0.25, 0.3) is 0 Å². The van der Waals surface area contributed by atoms with Crippen LogP contribution < -0.4 is 0 Å². The summed E-state index contributed by atoms with van der Waals surface area (Å²) in [5, 5.41) is 10.0. The van der Waals surface area contributed by atoms with Crippen LogP contribution in [0.25, 0.3) is 0 Å². The lowest BCUT2D eigenvalue weighted by Gasteiger charge is -2.04. The molecule has 0 atom stereocenters. The number of phenols is 1. The number of benzene rings is 2. The van der Waals surface area contributed by atoms with Crippen molar-refractivity contribution in [2.24, 2.45) is 4.99 Å². The van der Waals surface area contributed by atoms with E-state index in [2.05, 4.69) is 27.6 Å². The molecule has 114 valence electrons. The molecule has 0 bridgehead atoms. The molecule has 0 amide bonds. The molecule has 0 heterocycles. The molecule has 0 radical (unpaired) electrons. The summed E-state index contributed by atoms with van der Waals surface area (Å²) in [5.41, 5.74) is 2.77. The van der Waals surface area contributed by atoms with E-state index >= 15 is 0 Å². The van der Waals surface area contributed by atoms with Crippen molar-refractivity contribution in [2.75, 3.05) is 6.61 Å². The number of halogens is 1. The van der Waals surface area contributed by atoms with Gasteiger partial charge in [-0.15, -0.1) is 0 Å². The largest absolute Gasteiger partial charge is 0.506 e. The van der Waals surface area contributed by atoms with Crippen molar-refractivity contribution in [1.29, 1.82) is 0 Å². The summed E-state index contributed by atoms with van der Waals surface area (Å²) in [6.07, 6.45) is 1.59. The summed E-state index contributed by atoms with van der Waals surface area (Å²) in [6.45, 7) is 4.06. The van der Waals surface area contributed by atoms with Gasteiger partial charge in [-0.2, -0.15) is 0 Å². The first-order chi connectivity index (χ1) is 10.5. The Hall–Kier alpha value is -1.89. The fraction of sp³-hybridized carbons (Fsp3) is 0.176. The van der Waals surface area contributed by atoms with Crippen molar-refractivity contribution in [3.8, 4) is 5.75 Å². The molecule has 5 heteroatoms. The third kappa shape index (κ3) is 4.07. The lowest BCUT2D eigenvalue weighted by atomic mass is 10.1. The van der Waals surface area contributed by atoms with E-state index in [9.17, 15) is 9.90 Å². The van der Waals surface area contributed by atoms with E-state index in [1.165, 1.54) is 0 Å². The summed E-state index contributed by atoms with van der Waals surface area (Å²) in [4.78, 5) is 16.0. The molecule has 4 nitrogen and oxygen atoms in total. The molecule has 0 fully saturated rings. The van der Waals surface area contributed by atoms with E-state index in [1.807, 2.05) is 19.1 Å².